The zero-order chi connectivity index (χ0) is 17.0. The molecule has 0 aromatic heterocycles. The Kier molecular flexibility index (Phi) is 4.90. The fourth-order valence-corrected chi connectivity index (χ4v) is 3.32. The second kappa shape index (κ2) is 6.70. The molecule has 0 atom stereocenters. The summed E-state index contributed by atoms with van der Waals surface area (Å²) in [7, 11) is -2.44. The van der Waals surface area contributed by atoms with Crippen molar-refractivity contribution < 1.29 is 23.1 Å². The van der Waals surface area contributed by atoms with Crippen LogP contribution in [0.2, 0.25) is 0 Å². The molecule has 2 rings (SSSR count). The predicted molar refractivity (Wildman–Crippen MR) is 86.6 cm³/mol. The van der Waals surface area contributed by atoms with Crippen LogP contribution in [0.4, 0.5) is 5.69 Å². The SMILES string of the molecule is CCc1ccc(OC)c(S(=O)(=O)Nc2ccc(C(=O)O)cc2)c1. The van der Waals surface area contributed by atoms with Gasteiger partial charge in [0.2, 0.25) is 0 Å². The predicted octanol–water partition coefficient (Wildman–Crippen LogP) is 2.76. The third kappa shape index (κ3) is 3.81. The van der Waals surface area contributed by atoms with Crippen molar-refractivity contribution >= 4 is 21.7 Å². The van der Waals surface area contributed by atoms with Gasteiger partial charge in [0.1, 0.15) is 10.6 Å². The number of anilines is 1. The largest absolute Gasteiger partial charge is 0.495 e. The minimum absolute atomic E-state index is 0.0432. The van der Waals surface area contributed by atoms with Crippen molar-refractivity contribution in [1.29, 1.82) is 0 Å². The number of hydrogen-bond acceptors (Lipinski definition) is 4. The summed E-state index contributed by atoms with van der Waals surface area (Å²) in [5, 5.41) is 8.86. The number of nitrogens with one attached hydrogen (secondary N) is 1. The Morgan fingerprint density at radius 2 is 1.83 bits per heavy atom. The summed E-state index contributed by atoms with van der Waals surface area (Å²) in [5.41, 5.74) is 1.23. The van der Waals surface area contributed by atoms with Crippen LogP contribution in [0.25, 0.3) is 0 Å². The highest BCUT2D eigenvalue weighted by atomic mass is 32.2. The van der Waals surface area contributed by atoms with Crippen molar-refractivity contribution in [3.63, 3.8) is 0 Å². The molecule has 0 amide bonds. The summed E-state index contributed by atoms with van der Waals surface area (Å²) in [6.07, 6.45) is 0.694. The van der Waals surface area contributed by atoms with Gasteiger partial charge in [-0.15, -0.1) is 0 Å². The maximum atomic E-state index is 12.6. The quantitative estimate of drug-likeness (QED) is 0.847. The monoisotopic (exact) mass is 335 g/mol. The first kappa shape index (κ1) is 16.8. The fourth-order valence-electron chi connectivity index (χ4n) is 2.04. The first-order valence-electron chi connectivity index (χ1n) is 6.90. The van der Waals surface area contributed by atoms with Gasteiger partial charge in [0.05, 0.1) is 12.7 Å². The average Bonchev–Trinajstić information content (AvgIpc) is 2.54. The Hall–Kier alpha value is -2.54. The van der Waals surface area contributed by atoms with E-state index in [4.69, 9.17) is 9.84 Å². The number of benzene rings is 2. The highest BCUT2D eigenvalue weighted by molar-refractivity contribution is 7.92. The molecule has 0 heterocycles. The van der Waals surface area contributed by atoms with Crippen LogP contribution in [0.15, 0.2) is 47.4 Å². The zero-order valence-electron chi connectivity index (χ0n) is 12.7. The van der Waals surface area contributed by atoms with E-state index >= 15 is 0 Å². The Bertz CT molecular complexity index is 813. The lowest BCUT2D eigenvalue weighted by Gasteiger charge is -2.13. The van der Waals surface area contributed by atoms with E-state index in [1.165, 1.54) is 31.4 Å². The van der Waals surface area contributed by atoms with E-state index in [-0.39, 0.29) is 21.9 Å². The van der Waals surface area contributed by atoms with Gasteiger partial charge in [-0.05, 0) is 48.4 Å². The van der Waals surface area contributed by atoms with Crippen molar-refractivity contribution in [2.24, 2.45) is 0 Å². The van der Waals surface area contributed by atoms with Gasteiger partial charge < -0.3 is 9.84 Å². The maximum Gasteiger partial charge on any atom is 0.335 e. The Morgan fingerprint density at radius 3 is 2.35 bits per heavy atom. The first-order valence-corrected chi connectivity index (χ1v) is 8.38. The second-order valence-corrected chi connectivity index (χ2v) is 6.48. The standard InChI is InChI=1S/C16H17NO5S/c1-3-11-4-9-14(22-2)15(10-11)23(20,21)17-13-7-5-12(6-8-13)16(18)19/h4-10,17H,3H2,1-2H3,(H,18,19). The van der Waals surface area contributed by atoms with Crippen LogP contribution in [0, 0.1) is 0 Å². The Labute approximate surface area is 134 Å². The first-order chi connectivity index (χ1) is 10.9. The maximum absolute atomic E-state index is 12.6. The van der Waals surface area contributed by atoms with Gasteiger partial charge in [0.25, 0.3) is 10.0 Å². The van der Waals surface area contributed by atoms with Crippen LogP contribution in [0.3, 0.4) is 0 Å². The zero-order valence-corrected chi connectivity index (χ0v) is 13.6. The highest BCUT2D eigenvalue weighted by Gasteiger charge is 2.20. The molecule has 0 aliphatic carbocycles. The van der Waals surface area contributed by atoms with Gasteiger partial charge in [0, 0.05) is 5.69 Å². The molecule has 2 aromatic rings. The number of sulfonamides is 1. The van der Waals surface area contributed by atoms with Gasteiger partial charge in [-0.25, -0.2) is 13.2 Å². The summed E-state index contributed by atoms with van der Waals surface area (Å²) in [6, 6.07) is 10.4. The van der Waals surface area contributed by atoms with E-state index < -0.39 is 16.0 Å². The van der Waals surface area contributed by atoms with Crippen LogP contribution in [-0.2, 0) is 16.4 Å². The highest BCUT2D eigenvalue weighted by Crippen LogP contribution is 2.27. The molecule has 0 saturated heterocycles. The van der Waals surface area contributed by atoms with Gasteiger partial charge in [-0.2, -0.15) is 0 Å². The number of rotatable bonds is 6. The van der Waals surface area contributed by atoms with Gasteiger partial charge in [-0.3, -0.25) is 4.72 Å². The third-order valence-electron chi connectivity index (χ3n) is 3.31. The van der Waals surface area contributed by atoms with Crippen LogP contribution in [0.5, 0.6) is 5.75 Å². The van der Waals surface area contributed by atoms with E-state index in [9.17, 15) is 13.2 Å². The summed E-state index contributed by atoms with van der Waals surface area (Å²) in [4.78, 5) is 10.9. The molecule has 2 N–H and O–H groups in total. The summed E-state index contributed by atoms with van der Waals surface area (Å²) in [6.45, 7) is 1.93. The summed E-state index contributed by atoms with van der Waals surface area (Å²) >= 11 is 0. The van der Waals surface area contributed by atoms with E-state index in [0.717, 1.165) is 5.56 Å². The molecule has 7 heteroatoms. The van der Waals surface area contributed by atoms with Crippen LogP contribution < -0.4 is 9.46 Å². The number of ether oxygens (including phenoxy) is 1. The molecule has 0 fully saturated rings. The van der Waals surface area contributed by atoms with Crippen molar-refractivity contribution in [3.05, 3.63) is 53.6 Å². The topological polar surface area (TPSA) is 92.7 Å². The molecule has 6 nitrogen and oxygen atoms in total. The van der Waals surface area contributed by atoms with E-state index in [2.05, 4.69) is 4.72 Å². The summed E-state index contributed by atoms with van der Waals surface area (Å²) < 4.78 is 32.7. The smallest absolute Gasteiger partial charge is 0.335 e. The molecular weight excluding hydrogens is 318 g/mol. The van der Waals surface area contributed by atoms with Gasteiger partial charge in [0.15, 0.2) is 0 Å². The Morgan fingerprint density at radius 1 is 1.17 bits per heavy atom. The lowest BCUT2D eigenvalue weighted by atomic mass is 10.2. The number of carboxylic acids is 1. The van der Waals surface area contributed by atoms with Crippen molar-refractivity contribution in [1.82, 2.24) is 0 Å². The van der Waals surface area contributed by atoms with Crippen LogP contribution in [-0.4, -0.2) is 26.6 Å². The lowest BCUT2D eigenvalue weighted by molar-refractivity contribution is 0.0697. The van der Waals surface area contributed by atoms with Crippen molar-refractivity contribution in [2.75, 3.05) is 11.8 Å². The van der Waals surface area contributed by atoms with Gasteiger partial charge >= 0.3 is 5.97 Å². The second-order valence-electron chi connectivity index (χ2n) is 4.83. The number of aryl methyl sites for hydroxylation is 1. The Balaban J connectivity index is 2.36. The minimum Gasteiger partial charge on any atom is -0.495 e. The third-order valence-corrected chi connectivity index (χ3v) is 4.71. The molecular formula is C16H17NO5S. The normalized spacial score (nSPS) is 11.0. The molecule has 0 radical (unpaired) electrons. The lowest BCUT2D eigenvalue weighted by Crippen LogP contribution is -2.14. The van der Waals surface area contributed by atoms with E-state index in [1.807, 2.05) is 6.92 Å². The molecule has 2 aromatic carbocycles. The molecule has 0 bridgehead atoms. The van der Waals surface area contributed by atoms with Crippen molar-refractivity contribution in [3.8, 4) is 5.75 Å². The molecule has 122 valence electrons. The molecule has 0 aliphatic rings. The average molecular weight is 335 g/mol. The van der Waals surface area contributed by atoms with Gasteiger partial charge in [-0.1, -0.05) is 13.0 Å². The number of aromatic carboxylic acids is 1. The molecule has 0 unspecified atom stereocenters. The number of carboxylic acid groups (broad SMARTS) is 1. The van der Waals surface area contributed by atoms with Crippen LogP contribution in [0.1, 0.15) is 22.8 Å². The van der Waals surface area contributed by atoms with Crippen LogP contribution >= 0.6 is 0 Å². The van der Waals surface area contributed by atoms with E-state index in [0.29, 0.717) is 6.42 Å². The van der Waals surface area contributed by atoms with E-state index in [1.54, 1.807) is 18.2 Å². The number of carbonyl (C=O) groups is 1. The molecule has 23 heavy (non-hydrogen) atoms. The number of methoxy groups -OCH3 is 1. The fraction of sp³-hybridized carbons (Fsp3) is 0.188. The molecule has 0 saturated carbocycles. The number of hydrogen-bond donors (Lipinski definition) is 2. The summed E-state index contributed by atoms with van der Waals surface area (Å²) in [5.74, 6) is -0.825. The minimum atomic E-state index is -3.84. The van der Waals surface area contributed by atoms with Crippen molar-refractivity contribution in [2.45, 2.75) is 18.2 Å². The molecule has 0 aliphatic heterocycles. The molecule has 0 spiro atoms.